The molecule has 0 amide bonds. The van der Waals surface area contributed by atoms with Gasteiger partial charge in [0.05, 0.1) is 6.07 Å². The zero-order chi connectivity index (χ0) is 29.1. The van der Waals surface area contributed by atoms with Gasteiger partial charge >= 0.3 is 7.25 Å². The van der Waals surface area contributed by atoms with Gasteiger partial charge in [0.1, 0.15) is 25.1 Å². The topological polar surface area (TPSA) is 36.0 Å². The van der Waals surface area contributed by atoms with Crippen LogP contribution in [0.4, 0.5) is 17.3 Å². The quantitative estimate of drug-likeness (QED) is 0.132. The zero-order valence-corrected chi connectivity index (χ0v) is 24.7. The summed E-state index contributed by atoms with van der Waals surface area (Å²) in [6, 6.07) is 18.6. The molecule has 10 heteroatoms. The summed E-state index contributed by atoms with van der Waals surface area (Å²) in [5.41, 5.74) is 5.47. The van der Waals surface area contributed by atoms with Crippen LogP contribution in [0.1, 0.15) is 24.0 Å². The van der Waals surface area contributed by atoms with Crippen molar-refractivity contribution in [1.82, 2.24) is 0 Å². The molecule has 0 fully saturated rings. The highest BCUT2D eigenvalue weighted by Crippen LogP contribution is 2.33. The summed E-state index contributed by atoms with van der Waals surface area (Å²) < 4.78 is 49.5. The lowest BCUT2D eigenvalue weighted by atomic mass is 10.0. The highest BCUT2D eigenvalue weighted by atomic mass is 79.9. The number of hydrogen-bond acceptors (Lipinski definition) is 2. The Labute approximate surface area is 248 Å². The summed E-state index contributed by atoms with van der Waals surface area (Å²) in [5, 5.41) is 8.74. The monoisotopic (exact) mass is 674 g/mol. The van der Waals surface area contributed by atoms with Crippen LogP contribution in [0.2, 0.25) is 0 Å². The average Bonchev–Trinajstić information content (AvgIpc) is 2.92. The molecule has 1 aliphatic carbocycles. The van der Waals surface area contributed by atoms with Crippen molar-refractivity contribution in [3.05, 3.63) is 129 Å². The van der Waals surface area contributed by atoms with Crippen LogP contribution in [0.15, 0.2) is 117 Å². The van der Waals surface area contributed by atoms with Gasteiger partial charge in [-0.1, -0.05) is 62.2 Å². The highest BCUT2D eigenvalue weighted by molar-refractivity contribution is 9.10. The lowest BCUT2D eigenvalue weighted by Gasteiger charge is -2.18. The largest absolute Gasteiger partial charge is 0.673 e. The molecule has 0 bridgehead atoms. The Hall–Kier alpha value is -3.42. The van der Waals surface area contributed by atoms with Gasteiger partial charge in [0.15, 0.2) is 5.71 Å². The Bertz CT molecular complexity index is 1440. The molecule has 0 spiro atoms. The molecule has 1 heterocycles. The molecule has 0 unspecified atom stereocenters. The number of hydrogen-bond donors (Lipinski definition) is 0. The molecule has 2 aliphatic rings. The lowest BCUT2D eigenvalue weighted by molar-refractivity contribution is -0.496. The number of unbranched alkanes of at least 4 members (excludes halogenated alkanes) is 1. The van der Waals surface area contributed by atoms with E-state index in [2.05, 4.69) is 104 Å². The van der Waals surface area contributed by atoms with Crippen molar-refractivity contribution in [1.29, 1.82) is 5.26 Å². The second-order valence-electron chi connectivity index (χ2n) is 8.73. The van der Waals surface area contributed by atoms with Crippen molar-refractivity contribution in [3.8, 4) is 6.07 Å². The first kappa shape index (κ1) is 31.1. The van der Waals surface area contributed by atoms with Crippen LogP contribution in [-0.4, -0.2) is 31.1 Å². The molecule has 3 nitrogen and oxygen atoms in total. The Balaban J connectivity index is 0.000000810. The van der Waals surface area contributed by atoms with Crippen LogP contribution in [0.5, 0.6) is 0 Å². The maximum atomic E-state index is 9.75. The summed E-state index contributed by atoms with van der Waals surface area (Å²) in [4.78, 5) is 0. The van der Waals surface area contributed by atoms with Crippen molar-refractivity contribution in [2.45, 2.75) is 12.8 Å². The molecule has 2 aromatic rings. The number of rotatable bonds is 6. The van der Waals surface area contributed by atoms with E-state index in [4.69, 9.17) is 10.00 Å². The SMILES string of the molecule is C[N+](CCCC#N)=C1C=CC(=CC=C2C=C(c3ccc(Br)cc3)C=C(c3ccc(Br)cc3)O2)C=C1.F[B-](F)(F)F. The smallest absolute Gasteiger partial charge is 0.457 e. The van der Waals surface area contributed by atoms with Gasteiger partial charge in [0.25, 0.3) is 0 Å². The molecule has 2 aromatic carbocycles. The first-order valence-electron chi connectivity index (χ1n) is 12.3. The van der Waals surface area contributed by atoms with E-state index >= 15 is 0 Å². The Morgan fingerprint density at radius 2 is 1.40 bits per heavy atom. The van der Waals surface area contributed by atoms with Gasteiger partial charge < -0.3 is 22.0 Å². The third kappa shape index (κ3) is 10.6. The van der Waals surface area contributed by atoms with Gasteiger partial charge in [-0.2, -0.15) is 5.26 Å². The highest BCUT2D eigenvalue weighted by Gasteiger charge is 2.20. The van der Waals surface area contributed by atoms with E-state index in [9.17, 15) is 17.3 Å². The second-order valence-corrected chi connectivity index (χ2v) is 10.6. The lowest BCUT2D eigenvalue weighted by Crippen LogP contribution is -2.16. The summed E-state index contributed by atoms with van der Waals surface area (Å²) in [7, 11) is -3.95. The Kier molecular flexibility index (Phi) is 11.5. The fourth-order valence-electron chi connectivity index (χ4n) is 3.71. The van der Waals surface area contributed by atoms with Gasteiger partial charge in [0.2, 0.25) is 0 Å². The molecule has 0 saturated heterocycles. The number of allylic oxidation sites excluding steroid dienone is 10. The summed E-state index contributed by atoms with van der Waals surface area (Å²) in [6.45, 7) is 0.864. The van der Waals surface area contributed by atoms with Crippen molar-refractivity contribution < 1.29 is 26.6 Å². The first-order valence-corrected chi connectivity index (χ1v) is 13.8. The number of ether oxygens (including phenoxy) is 1. The normalized spacial score (nSPS) is 15.4. The fourth-order valence-corrected chi connectivity index (χ4v) is 4.24. The van der Waals surface area contributed by atoms with Crippen molar-refractivity contribution in [3.63, 3.8) is 0 Å². The van der Waals surface area contributed by atoms with Crippen LogP contribution in [0.3, 0.4) is 0 Å². The van der Waals surface area contributed by atoms with E-state index in [0.29, 0.717) is 6.42 Å². The molecular formula is C30H25BBr2F4N2O. The molecule has 0 aromatic heterocycles. The number of nitrogens with zero attached hydrogens (tertiary/aromatic N) is 2. The molecule has 40 heavy (non-hydrogen) atoms. The van der Waals surface area contributed by atoms with Gasteiger partial charge in [-0.3, -0.25) is 0 Å². The van der Waals surface area contributed by atoms with Gasteiger partial charge in [-0.15, -0.1) is 0 Å². The average molecular weight is 676 g/mol. The minimum absolute atomic E-state index is 0.580. The molecule has 206 valence electrons. The first-order chi connectivity index (χ1) is 19.0. The van der Waals surface area contributed by atoms with E-state index in [1.807, 2.05) is 42.5 Å². The summed E-state index contributed by atoms with van der Waals surface area (Å²) in [6.07, 6.45) is 18.1. The molecule has 4 rings (SSSR count). The summed E-state index contributed by atoms with van der Waals surface area (Å²) in [5.74, 6) is 1.59. The minimum Gasteiger partial charge on any atom is -0.457 e. The van der Waals surface area contributed by atoms with Gasteiger partial charge in [-0.05, 0) is 71.4 Å². The van der Waals surface area contributed by atoms with Gasteiger partial charge in [-0.25, -0.2) is 4.58 Å². The van der Waals surface area contributed by atoms with Crippen LogP contribution < -0.4 is 0 Å². The van der Waals surface area contributed by atoms with Crippen LogP contribution in [-0.2, 0) is 4.74 Å². The predicted octanol–water partition coefficient (Wildman–Crippen LogP) is 9.29. The Morgan fingerprint density at radius 3 is 1.95 bits per heavy atom. The number of benzene rings is 2. The third-order valence-electron chi connectivity index (χ3n) is 5.67. The Morgan fingerprint density at radius 1 is 0.850 bits per heavy atom. The summed E-state index contributed by atoms with van der Waals surface area (Å²) >= 11 is 7.03. The van der Waals surface area contributed by atoms with E-state index in [1.165, 1.54) is 0 Å². The van der Waals surface area contributed by atoms with E-state index in [0.717, 1.165) is 61.4 Å². The molecule has 0 saturated carbocycles. The number of halogens is 6. The molecular weight excluding hydrogens is 651 g/mol. The van der Waals surface area contributed by atoms with Crippen LogP contribution in [0.25, 0.3) is 11.3 Å². The van der Waals surface area contributed by atoms with E-state index in [1.54, 1.807) is 0 Å². The van der Waals surface area contributed by atoms with E-state index in [-0.39, 0.29) is 0 Å². The standard InChI is InChI=1S/C30H25Br2N2O.BF4/c1-34(19-3-2-18-33)28-15-4-22(5-16-28)6-17-29-20-25(23-7-11-26(31)12-8-23)21-30(35-29)24-9-13-27(32)14-10-24;2-1(3,4)5/h4-17,20-21H,2-3,19H2,1H3;/q+1;-1. The maximum absolute atomic E-state index is 9.75. The van der Waals surface area contributed by atoms with Crippen LogP contribution >= 0.6 is 31.9 Å². The van der Waals surface area contributed by atoms with Crippen molar-refractivity contribution in [2.24, 2.45) is 0 Å². The molecule has 0 atom stereocenters. The maximum Gasteiger partial charge on any atom is 0.673 e. The minimum atomic E-state index is -6.00. The van der Waals surface area contributed by atoms with Crippen molar-refractivity contribution >= 4 is 56.2 Å². The van der Waals surface area contributed by atoms with Gasteiger partial charge in [0, 0.05) is 39.5 Å². The van der Waals surface area contributed by atoms with Crippen LogP contribution in [0, 0.1) is 11.3 Å². The third-order valence-corrected chi connectivity index (χ3v) is 6.73. The number of nitriles is 1. The molecule has 0 N–H and O–H groups in total. The molecule has 1 aliphatic heterocycles. The van der Waals surface area contributed by atoms with Crippen molar-refractivity contribution in [2.75, 3.05) is 13.6 Å². The molecule has 0 radical (unpaired) electrons. The zero-order valence-electron chi connectivity index (χ0n) is 21.5. The van der Waals surface area contributed by atoms with E-state index < -0.39 is 7.25 Å². The predicted molar refractivity (Wildman–Crippen MR) is 161 cm³/mol. The fraction of sp³-hybridized carbons (Fsp3) is 0.133. The second kappa shape index (κ2) is 14.8.